The molecule has 0 aliphatic heterocycles. The van der Waals surface area contributed by atoms with Crippen molar-refractivity contribution in [2.24, 2.45) is 14.1 Å². The lowest BCUT2D eigenvalue weighted by Crippen LogP contribution is -2.27. The number of pyridine rings is 4. The molecule has 0 aliphatic rings. The normalized spacial score (nSPS) is 12.1. The second kappa shape index (κ2) is 16.8. The Kier molecular flexibility index (Phi) is 12.6. The van der Waals surface area contributed by atoms with E-state index in [2.05, 4.69) is 26.6 Å². The molecule has 0 atom stereocenters. The maximum absolute atomic E-state index is 13.3. The van der Waals surface area contributed by atoms with Gasteiger partial charge in [0, 0.05) is 61.7 Å². The Labute approximate surface area is 337 Å². The zero-order valence-electron chi connectivity index (χ0n) is 29.8. The SMILES string of the molecule is C[n+]1cccc2cc(NC(=O)c3ccc4cc(Br)c5ccc(C(=O)Nc6ccc7c(ccc[n+]7C)c6)nc5c4n3)ccc21.O=S(=O)([O-])C(F)(F)F.O=S(=O)([O-])C(F)(F)F. The number of benzene rings is 3. The Hall–Kier alpha value is -5.88. The van der Waals surface area contributed by atoms with Crippen molar-refractivity contribution in [3.05, 3.63) is 119 Å². The molecule has 0 saturated heterocycles. The molecule has 0 spiro atoms. The first kappa shape index (κ1) is 44.2. The lowest BCUT2D eigenvalue weighted by Gasteiger charge is -2.10. The smallest absolute Gasteiger partial charge is 0.485 e. The first-order valence-corrected chi connectivity index (χ1v) is 19.8. The summed E-state index contributed by atoms with van der Waals surface area (Å²) in [4.78, 5) is 36.0. The van der Waals surface area contributed by atoms with E-state index in [0.29, 0.717) is 22.4 Å². The van der Waals surface area contributed by atoms with Gasteiger partial charge in [-0.25, -0.2) is 35.9 Å². The minimum atomic E-state index is -6.09. The third-order valence-corrected chi connectivity index (χ3v) is 9.91. The van der Waals surface area contributed by atoms with Gasteiger partial charge in [0.2, 0.25) is 11.0 Å². The molecule has 0 unspecified atom stereocenters. The number of hydrogen-bond donors (Lipinski definition) is 2. The third kappa shape index (κ3) is 10.4. The topological polar surface area (TPSA) is 206 Å². The number of fused-ring (bicyclic) bond motifs is 5. The molecule has 14 nitrogen and oxygen atoms in total. The van der Waals surface area contributed by atoms with Crippen LogP contribution < -0.4 is 19.8 Å². The van der Waals surface area contributed by atoms with E-state index in [1.54, 1.807) is 12.1 Å². The summed E-state index contributed by atoms with van der Waals surface area (Å²) >= 11 is 3.63. The Morgan fingerprint density at radius 2 is 1.02 bits per heavy atom. The lowest BCUT2D eigenvalue weighted by molar-refractivity contribution is -0.645. The average Bonchev–Trinajstić information content (AvgIpc) is 3.13. The molecular formula is C36H25BrF6N6O8S2. The molecule has 23 heteroatoms. The highest BCUT2D eigenvalue weighted by Gasteiger charge is 2.37. The number of hydrogen-bond acceptors (Lipinski definition) is 10. The molecule has 4 aromatic heterocycles. The molecule has 7 rings (SSSR count). The van der Waals surface area contributed by atoms with E-state index in [-0.39, 0.29) is 23.2 Å². The van der Waals surface area contributed by atoms with Gasteiger partial charge in [0.1, 0.15) is 25.5 Å². The summed E-state index contributed by atoms with van der Waals surface area (Å²) in [5.74, 6) is -0.676. The molecule has 0 aliphatic carbocycles. The van der Waals surface area contributed by atoms with Crippen molar-refractivity contribution in [3.63, 3.8) is 0 Å². The monoisotopic (exact) mass is 926 g/mol. The summed E-state index contributed by atoms with van der Waals surface area (Å²) in [6.45, 7) is 0. The van der Waals surface area contributed by atoms with Crippen LogP contribution in [0.1, 0.15) is 21.0 Å². The van der Waals surface area contributed by atoms with Gasteiger partial charge in [0.05, 0.1) is 11.0 Å². The predicted octanol–water partition coefficient (Wildman–Crippen LogP) is 6.11. The summed E-state index contributed by atoms with van der Waals surface area (Å²) in [6, 6.07) is 28.5. The van der Waals surface area contributed by atoms with Gasteiger partial charge in [-0.2, -0.15) is 26.3 Å². The van der Waals surface area contributed by atoms with Crippen LogP contribution in [-0.4, -0.2) is 58.7 Å². The van der Waals surface area contributed by atoms with Gasteiger partial charge >= 0.3 is 11.0 Å². The van der Waals surface area contributed by atoms with Crippen LogP contribution in [0.4, 0.5) is 37.7 Å². The number of carbonyl (C=O) groups excluding carboxylic acids is 2. The maximum atomic E-state index is 13.3. The van der Waals surface area contributed by atoms with Crippen LogP contribution in [-0.2, 0) is 34.3 Å². The average molecular weight is 928 g/mol. The number of carbonyl (C=O) groups is 2. The number of anilines is 2. The fourth-order valence-electron chi connectivity index (χ4n) is 5.35. The Bertz CT molecular complexity index is 2980. The zero-order chi connectivity index (χ0) is 43.7. The molecule has 59 heavy (non-hydrogen) atoms. The summed E-state index contributed by atoms with van der Waals surface area (Å²) < 4.78 is 123. The third-order valence-electron chi connectivity index (χ3n) is 8.12. The Morgan fingerprint density at radius 1 is 0.610 bits per heavy atom. The summed E-state index contributed by atoms with van der Waals surface area (Å²) in [7, 11) is -8.22. The van der Waals surface area contributed by atoms with Crippen LogP contribution in [0.2, 0.25) is 0 Å². The van der Waals surface area contributed by atoms with Gasteiger partial charge in [0.15, 0.2) is 32.6 Å². The number of nitrogens with one attached hydrogen (secondary N) is 2. The van der Waals surface area contributed by atoms with Gasteiger partial charge in [-0.05, 0) is 60.7 Å². The number of nitrogens with zero attached hydrogens (tertiary/aromatic N) is 4. The van der Waals surface area contributed by atoms with E-state index >= 15 is 0 Å². The Balaban J connectivity index is 0.000000350. The quantitative estimate of drug-likeness (QED) is 0.0681. The number of alkyl halides is 6. The minimum Gasteiger partial charge on any atom is -0.741 e. The van der Waals surface area contributed by atoms with Gasteiger partial charge < -0.3 is 19.7 Å². The van der Waals surface area contributed by atoms with Crippen LogP contribution in [0, 0.1) is 0 Å². The van der Waals surface area contributed by atoms with Crippen molar-refractivity contribution < 1.29 is 71.0 Å². The first-order chi connectivity index (χ1) is 27.3. The van der Waals surface area contributed by atoms with Crippen molar-refractivity contribution in [2.45, 2.75) is 11.0 Å². The van der Waals surface area contributed by atoms with E-state index in [9.17, 15) is 35.9 Å². The van der Waals surface area contributed by atoms with E-state index in [1.165, 1.54) is 0 Å². The molecular weight excluding hydrogens is 902 g/mol. The maximum Gasteiger partial charge on any atom is 0.485 e. The van der Waals surface area contributed by atoms with Gasteiger partial charge in [-0.1, -0.05) is 22.0 Å². The fraction of sp³-hybridized carbons (Fsp3) is 0.111. The minimum absolute atomic E-state index is 0.242. The number of aromatic nitrogens is 4. The molecule has 3 aromatic carbocycles. The van der Waals surface area contributed by atoms with Crippen LogP contribution in [0.15, 0.2) is 108 Å². The van der Waals surface area contributed by atoms with Crippen LogP contribution in [0.3, 0.4) is 0 Å². The van der Waals surface area contributed by atoms with Crippen LogP contribution in [0.5, 0.6) is 0 Å². The van der Waals surface area contributed by atoms with Crippen molar-refractivity contribution in [2.75, 3.05) is 10.6 Å². The molecule has 0 radical (unpaired) electrons. The van der Waals surface area contributed by atoms with Crippen molar-refractivity contribution in [3.8, 4) is 0 Å². The standard InChI is InChI=1S/C34H23BrN6O2.2CHF3O3S/c1-40-15-3-5-20-17-23(8-13-29(20)40)36-33(42)27-11-7-22-19-26(35)25-10-12-28(39-32(25)31(22)38-27)34(43)37-24-9-14-30-21(18-24)6-4-16-41(30)2;2*2-1(3,4)8(5,6)7/h3-19H,1-2H3;2*(H,5,6,7). The van der Waals surface area contributed by atoms with Gasteiger partial charge in [0.25, 0.3) is 11.8 Å². The Morgan fingerprint density at radius 3 is 1.44 bits per heavy atom. The molecule has 2 amide bonds. The number of rotatable bonds is 4. The van der Waals surface area contributed by atoms with Gasteiger partial charge in [-0.3, -0.25) is 9.59 Å². The number of amides is 2. The highest BCUT2D eigenvalue weighted by molar-refractivity contribution is 9.10. The highest BCUT2D eigenvalue weighted by atomic mass is 79.9. The largest absolute Gasteiger partial charge is 0.741 e. The zero-order valence-corrected chi connectivity index (χ0v) is 33.1. The summed E-state index contributed by atoms with van der Waals surface area (Å²) in [5, 5.41) is 9.53. The molecule has 308 valence electrons. The first-order valence-electron chi connectivity index (χ1n) is 16.2. The van der Waals surface area contributed by atoms with E-state index in [4.69, 9.17) is 35.9 Å². The summed E-state index contributed by atoms with van der Waals surface area (Å²) in [5.41, 5.74) is -6.29. The summed E-state index contributed by atoms with van der Waals surface area (Å²) in [6.07, 6.45) is 3.96. The van der Waals surface area contributed by atoms with Crippen LogP contribution >= 0.6 is 15.9 Å². The fourth-order valence-corrected chi connectivity index (χ4v) is 5.92. The van der Waals surface area contributed by atoms with Crippen molar-refractivity contribution in [1.82, 2.24) is 9.97 Å². The predicted molar refractivity (Wildman–Crippen MR) is 202 cm³/mol. The molecule has 0 saturated carbocycles. The highest BCUT2D eigenvalue weighted by Crippen LogP contribution is 2.31. The van der Waals surface area contributed by atoms with Gasteiger partial charge in [-0.15, -0.1) is 0 Å². The molecule has 0 bridgehead atoms. The van der Waals surface area contributed by atoms with E-state index < -0.39 is 31.3 Å². The van der Waals surface area contributed by atoms with Crippen molar-refractivity contribution in [1.29, 1.82) is 0 Å². The molecule has 0 fully saturated rings. The van der Waals surface area contributed by atoms with Crippen molar-refractivity contribution >= 4 is 103 Å². The second-order valence-electron chi connectivity index (χ2n) is 12.2. The second-order valence-corrected chi connectivity index (χ2v) is 15.8. The van der Waals surface area contributed by atoms with E-state index in [1.807, 2.05) is 114 Å². The number of halogens is 7. The molecule has 2 N–H and O–H groups in total. The molecule has 7 aromatic rings. The van der Waals surface area contributed by atoms with E-state index in [0.717, 1.165) is 37.1 Å². The lowest BCUT2D eigenvalue weighted by atomic mass is 10.1. The number of aryl methyl sites for hydroxylation is 2. The molecule has 4 heterocycles. The van der Waals surface area contributed by atoms with Crippen LogP contribution in [0.25, 0.3) is 43.6 Å².